The SMILES string of the molecule is Cc1cc(C)nc(N2CCCC(c3nccn3Cc3cccnc3)C2)n1. The van der Waals surface area contributed by atoms with Gasteiger partial charge in [0, 0.05) is 55.2 Å². The second-order valence-corrected chi connectivity index (χ2v) is 7.01. The molecule has 0 amide bonds. The predicted molar refractivity (Wildman–Crippen MR) is 101 cm³/mol. The van der Waals surface area contributed by atoms with E-state index in [-0.39, 0.29) is 0 Å². The average molecular weight is 348 g/mol. The van der Waals surface area contributed by atoms with Crippen LogP contribution in [-0.2, 0) is 6.54 Å². The lowest BCUT2D eigenvalue weighted by atomic mass is 9.97. The van der Waals surface area contributed by atoms with Crippen LogP contribution in [0, 0.1) is 13.8 Å². The molecule has 3 aromatic rings. The minimum atomic E-state index is 0.389. The summed E-state index contributed by atoms with van der Waals surface area (Å²) in [5.74, 6) is 2.38. The van der Waals surface area contributed by atoms with Crippen molar-refractivity contribution in [1.82, 2.24) is 24.5 Å². The number of hydrogen-bond donors (Lipinski definition) is 0. The Labute approximate surface area is 154 Å². The first-order valence-electron chi connectivity index (χ1n) is 9.16. The Hall–Kier alpha value is -2.76. The van der Waals surface area contributed by atoms with Gasteiger partial charge in [-0.2, -0.15) is 0 Å². The van der Waals surface area contributed by atoms with Gasteiger partial charge in [0.2, 0.25) is 5.95 Å². The maximum Gasteiger partial charge on any atom is 0.225 e. The molecule has 4 heterocycles. The fourth-order valence-electron chi connectivity index (χ4n) is 3.72. The van der Waals surface area contributed by atoms with Crippen LogP contribution in [0.25, 0.3) is 0 Å². The van der Waals surface area contributed by atoms with Crippen molar-refractivity contribution in [2.75, 3.05) is 18.0 Å². The maximum absolute atomic E-state index is 4.67. The van der Waals surface area contributed by atoms with E-state index < -0.39 is 0 Å². The lowest BCUT2D eigenvalue weighted by Gasteiger charge is -2.33. The predicted octanol–water partition coefficient (Wildman–Crippen LogP) is 3.12. The summed E-state index contributed by atoms with van der Waals surface area (Å²) in [6.07, 6.45) is 9.96. The Balaban J connectivity index is 1.54. The second kappa shape index (κ2) is 7.23. The fourth-order valence-corrected chi connectivity index (χ4v) is 3.72. The highest BCUT2D eigenvalue weighted by Gasteiger charge is 2.26. The van der Waals surface area contributed by atoms with Gasteiger partial charge in [-0.15, -0.1) is 0 Å². The Kier molecular flexibility index (Phi) is 4.65. The highest BCUT2D eigenvalue weighted by Crippen LogP contribution is 2.28. The molecule has 1 atom stereocenters. The molecule has 0 saturated carbocycles. The molecular formula is C20H24N6. The van der Waals surface area contributed by atoms with Gasteiger partial charge >= 0.3 is 0 Å². The summed E-state index contributed by atoms with van der Waals surface area (Å²) in [7, 11) is 0. The van der Waals surface area contributed by atoms with Crippen LogP contribution >= 0.6 is 0 Å². The third-order valence-corrected chi connectivity index (χ3v) is 4.86. The van der Waals surface area contributed by atoms with Crippen molar-refractivity contribution in [3.63, 3.8) is 0 Å². The molecule has 0 bridgehead atoms. The highest BCUT2D eigenvalue weighted by molar-refractivity contribution is 5.34. The molecule has 0 N–H and O–H groups in total. The van der Waals surface area contributed by atoms with Crippen LogP contribution in [0.3, 0.4) is 0 Å². The van der Waals surface area contributed by atoms with Crippen molar-refractivity contribution in [2.24, 2.45) is 0 Å². The largest absolute Gasteiger partial charge is 0.340 e. The van der Waals surface area contributed by atoms with E-state index in [4.69, 9.17) is 0 Å². The van der Waals surface area contributed by atoms with Crippen LogP contribution in [0.5, 0.6) is 0 Å². The zero-order valence-corrected chi connectivity index (χ0v) is 15.3. The molecule has 1 unspecified atom stereocenters. The zero-order chi connectivity index (χ0) is 17.9. The monoisotopic (exact) mass is 348 g/mol. The number of imidazole rings is 1. The molecule has 1 aliphatic heterocycles. The lowest BCUT2D eigenvalue weighted by Crippen LogP contribution is -2.36. The maximum atomic E-state index is 4.67. The zero-order valence-electron chi connectivity index (χ0n) is 15.3. The summed E-state index contributed by atoms with van der Waals surface area (Å²) in [4.78, 5) is 20.5. The third-order valence-electron chi connectivity index (χ3n) is 4.86. The molecule has 0 radical (unpaired) electrons. The number of hydrogen-bond acceptors (Lipinski definition) is 5. The number of anilines is 1. The van der Waals surface area contributed by atoms with Gasteiger partial charge in [0.05, 0.1) is 6.54 Å². The smallest absolute Gasteiger partial charge is 0.225 e. The summed E-state index contributed by atoms with van der Waals surface area (Å²) in [6, 6.07) is 6.10. The molecule has 1 saturated heterocycles. The van der Waals surface area contributed by atoms with E-state index >= 15 is 0 Å². The Morgan fingerprint density at radius 1 is 1.15 bits per heavy atom. The topological polar surface area (TPSA) is 59.7 Å². The summed E-state index contributed by atoms with van der Waals surface area (Å²) >= 11 is 0. The van der Waals surface area contributed by atoms with Gasteiger partial charge in [-0.05, 0) is 44.4 Å². The number of aromatic nitrogens is 5. The van der Waals surface area contributed by atoms with Crippen molar-refractivity contribution in [3.8, 4) is 0 Å². The molecule has 26 heavy (non-hydrogen) atoms. The minimum absolute atomic E-state index is 0.389. The summed E-state index contributed by atoms with van der Waals surface area (Å²) in [5.41, 5.74) is 3.23. The Morgan fingerprint density at radius 3 is 2.77 bits per heavy atom. The van der Waals surface area contributed by atoms with Gasteiger partial charge in [-0.25, -0.2) is 15.0 Å². The van der Waals surface area contributed by atoms with Crippen molar-refractivity contribution >= 4 is 5.95 Å². The lowest BCUT2D eigenvalue weighted by molar-refractivity contribution is 0.471. The molecule has 0 spiro atoms. The molecular weight excluding hydrogens is 324 g/mol. The van der Waals surface area contributed by atoms with Gasteiger partial charge in [-0.3, -0.25) is 4.98 Å². The van der Waals surface area contributed by atoms with Gasteiger partial charge in [0.25, 0.3) is 0 Å². The molecule has 0 aliphatic carbocycles. The standard InChI is InChI=1S/C20H24N6/c1-15-11-16(2)24-20(23-15)26-9-4-6-18(14-26)19-22-8-10-25(19)13-17-5-3-7-21-12-17/h3,5,7-8,10-12,18H,4,6,9,13-14H2,1-2H3. The van der Waals surface area contributed by atoms with E-state index in [1.54, 1.807) is 6.20 Å². The van der Waals surface area contributed by atoms with Crippen LogP contribution in [0.4, 0.5) is 5.95 Å². The first kappa shape index (κ1) is 16.7. The third kappa shape index (κ3) is 3.59. The molecule has 6 heteroatoms. The molecule has 134 valence electrons. The highest BCUT2D eigenvalue weighted by atomic mass is 15.3. The minimum Gasteiger partial charge on any atom is -0.340 e. The molecule has 6 nitrogen and oxygen atoms in total. The first-order valence-corrected chi connectivity index (χ1v) is 9.16. The van der Waals surface area contributed by atoms with Gasteiger partial charge in [0.1, 0.15) is 5.82 Å². The van der Waals surface area contributed by atoms with Crippen LogP contribution in [0.1, 0.15) is 41.5 Å². The number of piperidine rings is 1. The number of nitrogens with zero attached hydrogens (tertiary/aromatic N) is 6. The Morgan fingerprint density at radius 2 is 2.00 bits per heavy atom. The van der Waals surface area contributed by atoms with Gasteiger partial charge in [0.15, 0.2) is 0 Å². The number of rotatable bonds is 4. The van der Waals surface area contributed by atoms with Crippen molar-refractivity contribution < 1.29 is 0 Å². The summed E-state index contributed by atoms with van der Waals surface area (Å²) in [6.45, 7) is 6.77. The first-order chi connectivity index (χ1) is 12.7. The van der Waals surface area contributed by atoms with E-state index in [0.29, 0.717) is 5.92 Å². The van der Waals surface area contributed by atoms with Crippen molar-refractivity contribution in [3.05, 3.63) is 65.8 Å². The van der Waals surface area contributed by atoms with E-state index in [1.807, 2.05) is 38.4 Å². The number of aryl methyl sites for hydroxylation is 2. The van der Waals surface area contributed by atoms with Crippen LogP contribution in [0.2, 0.25) is 0 Å². The molecule has 1 fully saturated rings. The van der Waals surface area contributed by atoms with E-state index in [2.05, 4.69) is 41.7 Å². The second-order valence-electron chi connectivity index (χ2n) is 7.01. The molecule has 4 rings (SSSR count). The molecule has 1 aliphatic rings. The quantitative estimate of drug-likeness (QED) is 0.725. The van der Waals surface area contributed by atoms with Crippen molar-refractivity contribution in [2.45, 2.75) is 39.2 Å². The van der Waals surface area contributed by atoms with Crippen LogP contribution in [0.15, 0.2) is 43.0 Å². The normalized spacial score (nSPS) is 17.5. The van der Waals surface area contributed by atoms with E-state index in [1.165, 1.54) is 5.56 Å². The van der Waals surface area contributed by atoms with Gasteiger partial charge in [-0.1, -0.05) is 6.07 Å². The molecule has 3 aromatic heterocycles. The Bertz CT molecular complexity index is 853. The summed E-state index contributed by atoms with van der Waals surface area (Å²) < 4.78 is 2.24. The number of pyridine rings is 1. The van der Waals surface area contributed by atoms with Crippen LogP contribution < -0.4 is 4.90 Å². The van der Waals surface area contributed by atoms with Crippen LogP contribution in [-0.4, -0.2) is 37.6 Å². The summed E-state index contributed by atoms with van der Waals surface area (Å²) in [5, 5.41) is 0. The van der Waals surface area contributed by atoms with Gasteiger partial charge < -0.3 is 9.47 Å². The fraction of sp³-hybridized carbons (Fsp3) is 0.400. The van der Waals surface area contributed by atoms with E-state index in [0.717, 1.165) is 55.6 Å². The average Bonchev–Trinajstić information content (AvgIpc) is 3.10. The molecule has 0 aromatic carbocycles. The van der Waals surface area contributed by atoms with E-state index in [9.17, 15) is 0 Å². The van der Waals surface area contributed by atoms with Crippen molar-refractivity contribution in [1.29, 1.82) is 0 Å².